The number of fused-ring (bicyclic) bond motifs is 1. The van der Waals surface area contributed by atoms with Crippen molar-refractivity contribution in [2.24, 2.45) is 0 Å². The van der Waals surface area contributed by atoms with Gasteiger partial charge in [0.05, 0.1) is 16.5 Å². The molecular weight excluding hydrogens is 252 g/mol. The smallest absolute Gasteiger partial charge is 0.340 e. The highest BCUT2D eigenvalue weighted by atomic mass is 32.1. The monoisotopic (exact) mass is 260 g/mol. The van der Waals surface area contributed by atoms with Crippen molar-refractivity contribution in [1.82, 2.24) is 9.59 Å². The molecule has 0 aliphatic carbocycles. The van der Waals surface area contributed by atoms with Crippen LogP contribution in [0, 0.1) is 0 Å². The number of rotatable bonds is 3. The molecule has 0 unspecified atom stereocenters. The van der Waals surface area contributed by atoms with Crippen molar-refractivity contribution in [2.45, 2.75) is 6.61 Å². The summed E-state index contributed by atoms with van der Waals surface area (Å²) in [5.41, 5.74) is 1.18. The second kappa shape index (κ2) is 4.58. The lowest BCUT2D eigenvalue weighted by molar-refractivity contribution is 0.0448. The average Bonchev–Trinajstić information content (AvgIpc) is 3.05. The van der Waals surface area contributed by atoms with Crippen LogP contribution in [0.25, 0.3) is 10.2 Å². The van der Waals surface area contributed by atoms with Crippen LogP contribution in [0.15, 0.2) is 41.0 Å². The van der Waals surface area contributed by atoms with Crippen molar-refractivity contribution >= 4 is 27.7 Å². The molecule has 3 rings (SSSR count). The van der Waals surface area contributed by atoms with Crippen LogP contribution < -0.4 is 0 Å². The van der Waals surface area contributed by atoms with Gasteiger partial charge in [-0.25, -0.2) is 4.79 Å². The maximum atomic E-state index is 11.9. The molecule has 5 nitrogen and oxygen atoms in total. The van der Waals surface area contributed by atoms with Crippen LogP contribution in [0.5, 0.6) is 0 Å². The van der Waals surface area contributed by atoms with E-state index in [1.807, 2.05) is 6.07 Å². The molecule has 3 aromatic rings. The summed E-state index contributed by atoms with van der Waals surface area (Å²) in [4.78, 5) is 11.9. The minimum absolute atomic E-state index is 0.119. The Morgan fingerprint density at radius 1 is 1.33 bits per heavy atom. The zero-order valence-electron chi connectivity index (χ0n) is 9.20. The highest BCUT2D eigenvalue weighted by Crippen LogP contribution is 2.21. The van der Waals surface area contributed by atoms with E-state index in [0.29, 0.717) is 16.8 Å². The Hall–Kier alpha value is -2.21. The molecule has 18 heavy (non-hydrogen) atoms. The summed E-state index contributed by atoms with van der Waals surface area (Å²) in [7, 11) is 0. The number of ether oxygens (including phenoxy) is 1. The number of furan rings is 1. The van der Waals surface area contributed by atoms with Crippen LogP contribution in [-0.4, -0.2) is 15.6 Å². The quantitative estimate of drug-likeness (QED) is 0.677. The topological polar surface area (TPSA) is 65.2 Å². The molecule has 0 bridgehead atoms. The van der Waals surface area contributed by atoms with Crippen molar-refractivity contribution in [1.29, 1.82) is 0 Å². The second-order valence-corrected chi connectivity index (χ2v) is 4.34. The number of carbonyl (C=O) groups is 1. The molecule has 2 heterocycles. The Kier molecular flexibility index (Phi) is 2.77. The number of carbonyl (C=O) groups excluding carboxylic acids is 1. The molecule has 90 valence electrons. The number of hydrogen-bond acceptors (Lipinski definition) is 6. The van der Waals surface area contributed by atoms with Gasteiger partial charge in [-0.15, -0.1) is 5.10 Å². The van der Waals surface area contributed by atoms with Gasteiger partial charge in [-0.05, 0) is 35.8 Å². The number of benzene rings is 1. The first-order valence-corrected chi connectivity index (χ1v) is 6.02. The molecule has 0 fully saturated rings. The highest BCUT2D eigenvalue weighted by Gasteiger charge is 2.14. The van der Waals surface area contributed by atoms with Crippen LogP contribution >= 0.6 is 11.5 Å². The predicted octanol–water partition coefficient (Wildman–Crippen LogP) is 2.64. The lowest BCUT2D eigenvalue weighted by atomic mass is 10.2. The molecule has 0 radical (unpaired) electrons. The summed E-state index contributed by atoms with van der Waals surface area (Å²) >= 11 is 1.18. The molecule has 0 N–H and O–H groups in total. The van der Waals surface area contributed by atoms with Gasteiger partial charge in [-0.1, -0.05) is 10.6 Å². The summed E-state index contributed by atoms with van der Waals surface area (Å²) in [5, 5.41) is 3.91. The first kappa shape index (κ1) is 10.9. The van der Waals surface area contributed by atoms with E-state index in [2.05, 4.69) is 9.59 Å². The molecule has 0 aliphatic rings. The standard InChI is InChI=1S/C12H8N2O3S/c15-12(17-7-8-3-2-6-16-8)9-4-1-5-10-11(9)18-14-13-10/h1-6H,7H2. The third-order valence-electron chi connectivity index (χ3n) is 2.42. The van der Waals surface area contributed by atoms with Gasteiger partial charge in [0.1, 0.15) is 17.9 Å². The van der Waals surface area contributed by atoms with Crippen molar-refractivity contribution in [3.8, 4) is 0 Å². The van der Waals surface area contributed by atoms with Crippen LogP contribution in [0.3, 0.4) is 0 Å². The Labute approximate surface area is 106 Å². The van der Waals surface area contributed by atoms with Gasteiger partial charge in [-0.2, -0.15) is 0 Å². The molecule has 0 atom stereocenters. The van der Waals surface area contributed by atoms with Crippen LogP contribution in [0.4, 0.5) is 0 Å². The van der Waals surface area contributed by atoms with Gasteiger partial charge in [0.15, 0.2) is 0 Å². The van der Waals surface area contributed by atoms with Crippen LogP contribution in [-0.2, 0) is 11.3 Å². The molecule has 1 aromatic carbocycles. The number of nitrogens with zero attached hydrogens (tertiary/aromatic N) is 2. The Bertz CT molecular complexity index is 676. The lowest BCUT2D eigenvalue weighted by Crippen LogP contribution is -2.04. The fraction of sp³-hybridized carbons (Fsp3) is 0.0833. The average molecular weight is 260 g/mol. The third kappa shape index (κ3) is 1.98. The minimum atomic E-state index is -0.400. The summed E-state index contributed by atoms with van der Waals surface area (Å²) in [6, 6.07) is 8.77. The van der Waals surface area contributed by atoms with Crippen LogP contribution in [0.2, 0.25) is 0 Å². The summed E-state index contributed by atoms with van der Waals surface area (Å²) in [5.74, 6) is 0.209. The molecular formula is C12H8N2O3S. The van der Waals surface area contributed by atoms with E-state index in [9.17, 15) is 4.79 Å². The lowest BCUT2D eigenvalue weighted by Gasteiger charge is -2.02. The minimum Gasteiger partial charge on any atom is -0.466 e. The van der Waals surface area contributed by atoms with Crippen LogP contribution in [0.1, 0.15) is 16.1 Å². The molecule has 0 aliphatic heterocycles. The largest absolute Gasteiger partial charge is 0.466 e. The molecule has 0 spiro atoms. The second-order valence-electron chi connectivity index (χ2n) is 3.58. The normalized spacial score (nSPS) is 10.7. The van der Waals surface area contributed by atoms with Gasteiger partial charge < -0.3 is 9.15 Å². The maximum absolute atomic E-state index is 11.9. The van der Waals surface area contributed by atoms with E-state index < -0.39 is 5.97 Å². The van der Waals surface area contributed by atoms with Gasteiger partial charge in [0.2, 0.25) is 0 Å². The third-order valence-corrected chi connectivity index (χ3v) is 3.20. The Morgan fingerprint density at radius 3 is 3.11 bits per heavy atom. The highest BCUT2D eigenvalue weighted by molar-refractivity contribution is 7.13. The number of aromatic nitrogens is 2. The molecule has 6 heteroatoms. The fourth-order valence-corrected chi connectivity index (χ4v) is 2.24. The van der Waals surface area contributed by atoms with E-state index >= 15 is 0 Å². The SMILES string of the molecule is O=C(OCc1ccco1)c1cccc2nnsc12. The van der Waals surface area contributed by atoms with Crippen molar-refractivity contribution < 1.29 is 13.9 Å². The first-order chi connectivity index (χ1) is 8.84. The Morgan fingerprint density at radius 2 is 2.28 bits per heavy atom. The molecule has 0 amide bonds. The van der Waals surface area contributed by atoms with E-state index in [4.69, 9.17) is 9.15 Å². The van der Waals surface area contributed by atoms with E-state index in [0.717, 1.165) is 4.70 Å². The van der Waals surface area contributed by atoms with Gasteiger partial charge in [-0.3, -0.25) is 0 Å². The maximum Gasteiger partial charge on any atom is 0.340 e. The Balaban J connectivity index is 1.81. The molecule has 2 aromatic heterocycles. The van der Waals surface area contributed by atoms with Gasteiger partial charge in [0, 0.05) is 0 Å². The van der Waals surface area contributed by atoms with Crippen molar-refractivity contribution in [3.63, 3.8) is 0 Å². The fourth-order valence-electron chi connectivity index (χ4n) is 1.57. The van der Waals surface area contributed by atoms with E-state index in [1.165, 1.54) is 17.8 Å². The zero-order chi connectivity index (χ0) is 12.4. The van der Waals surface area contributed by atoms with Gasteiger partial charge in [0.25, 0.3) is 0 Å². The summed E-state index contributed by atoms with van der Waals surface area (Å²) in [6.07, 6.45) is 1.54. The zero-order valence-corrected chi connectivity index (χ0v) is 10.0. The van der Waals surface area contributed by atoms with E-state index in [-0.39, 0.29) is 6.61 Å². The number of esters is 1. The molecule has 0 saturated carbocycles. The summed E-state index contributed by atoms with van der Waals surface area (Å²) in [6.45, 7) is 0.119. The predicted molar refractivity (Wildman–Crippen MR) is 65.2 cm³/mol. The van der Waals surface area contributed by atoms with Gasteiger partial charge >= 0.3 is 5.97 Å². The summed E-state index contributed by atoms with van der Waals surface area (Å²) < 4.78 is 14.8. The van der Waals surface area contributed by atoms with Crippen molar-refractivity contribution in [2.75, 3.05) is 0 Å². The number of hydrogen-bond donors (Lipinski definition) is 0. The molecule has 0 saturated heterocycles. The first-order valence-electron chi connectivity index (χ1n) is 5.25. The van der Waals surface area contributed by atoms with Crippen molar-refractivity contribution in [3.05, 3.63) is 47.9 Å². The van der Waals surface area contributed by atoms with E-state index in [1.54, 1.807) is 24.3 Å².